The number of esters is 1. The van der Waals surface area contributed by atoms with Gasteiger partial charge >= 0.3 is 5.97 Å². The van der Waals surface area contributed by atoms with E-state index >= 15 is 0 Å². The predicted molar refractivity (Wildman–Crippen MR) is 108 cm³/mol. The molecule has 0 spiro atoms. The molecule has 8 nitrogen and oxygen atoms in total. The summed E-state index contributed by atoms with van der Waals surface area (Å²) in [7, 11) is -2.63. The molecule has 0 aliphatic heterocycles. The maximum atomic E-state index is 13.3. The van der Waals surface area contributed by atoms with Crippen LogP contribution in [0.25, 0.3) is 0 Å². The summed E-state index contributed by atoms with van der Waals surface area (Å²) in [6, 6.07) is 12.0. The first kappa shape index (κ1) is 22.0. The van der Waals surface area contributed by atoms with E-state index in [1.807, 2.05) is 0 Å². The Labute approximate surface area is 169 Å². The number of sulfonamides is 1. The topological polar surface area (TPSA) is 116 Å². The van der Waals surface area contributed by atoms with Gasteiger partial charge in [-0.2, -0.15) is 0 Å². The van der Waals surface area contributed by atoms with E-state index in [9.17, 15) is 18.0 Å². The molecule has 0 aromatic heterocycles. The maximum Gasteiger partial charge on any atom is 0.338 e. The van der Waals surface area contributed by atoms with Crippen molar-refractivity contribution in [3.8, 4) is 5.75 Å². The van der Waals surface area contributed by atoms with E-state index in [1.54, 1.807) is 24.3 Å². The van der Waals surface area contributed by atoms with Crippen molar-refractivity contribution in [3.05, 3.63) is 66.7 Å². The second-order valence-electron chi connectivity index (χ2n) is 5.97. The van der Waals surface area contributed by atoms with Gasteiger partial charge in [0.2, 0.25) is 0 Å². The van der Waals surface area contributed by atoms with Crippen LogP contribution in [0.3, 0.4) is 0 Å². The van der Waals surface area contributed by atoms with Gasteiger partial charge in [0.1, 0.15) is 5.75 Å². The molecular formula is C20H22N2O6S. The van der Waals surface area contributed by atoms with Gasteiger partial charge in [-0.1, -0.05) is 24.3 Å². The molecule has 0 fully saturated rings. The van der Waals surface area contributed by atoms with E-state index in [-0.39, 0.29) is 17.0 Å². The van der Waals surface area contributed by atoms with E-state index in [1.165, 1.54) is 44.4 Å². The first-order chi connectivity index (χ1) is 13.7. The van der Waals surface area contributed by atoms with Crippen molar-refractivity contribution in [1.82, 2.24) is 0 Å². The zero-order valence-corrected chi connectivity index (χ0v) is 16.9. The molecule has 154 valence electrons. The van der Waals surface area contributed by atoms with Crippen LogP contribution in [0, 0.1) is 0 Å². The van der Waals surface area contributed by atoms with Crippen LogP contribution in [0.4, 0.5) is 5.69 Å². The average molecular weight is 418 g/mol. The molecule has 1 amide bonds. The van der Waals surface area contributed by atoms with E-state index in [0.29, 0.717) is 11.4 Å². The van der Waals surface area contributed by atoms with Gasteiger partial charge in [-0.3, -0.25) is 9.10 Å². The van der Waals surface area contributed by atoms with Gasteiger partial charge in [0.15, 0.2) is 6.10 Å². The largest absolute Gasteiger partial charge is 0.495 e. The minimum Gasteiger partial charge on any atom is -0.495 e. The van der Waals surface area contributed by atoms with Gasteiger partial charge < -0.3 is 15.2 Å². The number of amides is 1. The number of primary amides is 1. The molecule has 0 heterocycles. The number of anilines is 1. The molecular weight excluding hydrogens is 396 g/mol. The number of ether oxygens (including phenoxy) is 2. The highest BCUT2D eigenvalue weighted by atomic mass is 32.2. The van der Waals surface area contributed by atoms with E-state index in [0.717, 1.165) is 4.31 Å². The molecule has 0 unspecified atom stereocenters. The number of hydrogen-bond acceptors (Lipinski definition) is 6. The molecule has 29 heavy (non-hydrogen) atoms. The van der Waals surface area contributed by atoms with Crippen molar-refractivity contribution < 1.29 is 27.5 Å². The average Bonchev–Trinajstić information content (AvgIpc) is 2.71. The molecule has 9 heteroatoms. The van der Waals surface area contributed by atoms with Crippen LogP contribution in [-0.4, -0.2) is 40.1 Å². The molecule has 2 aromatic carbocycles. The molecule has 0 saturated heterocycles. The molecule has 2 N–H and O–H groups in total. The minimum atomic E-state index is -4.07. The number of hydrogen-bond donors (Lipinski definition) is 1. The predicted octanol–water partition coefficient (Wildman–Crippen LogP) is 2.11. The van der Waals surface area contributed by atoms with Crippen LogP contribution in [0.5, 0.6) is 5.75 Å². The smallest absolute Gasteiger partial charge is 0.338 e. The SMILES string of the molecule is C=CCN(c1ccccc1OC)S(=O)(=O)c1cccc(C(=O)O[C@@H](C)C(N)=O)c1. The van der Waals surface area contributed by atoms with Crippen molar-refractivity contribution in [2.24, 2.45) is 5.73 Å². The van der Waals surface area contributed by atoms with Crippen LogP contribution < -0.4 is 14.8 Å². The van der Waals surface area contributed by atoms with Gasteiger partial charge in [-0.05, 0) is 37.3 Å². The summed E-state index contributed by atoms with van der Waals surface area (Å²) in [6.07, 6.45) is 0.296. The van der Waals surface area contributed by atoms with Crippen molar-refractivity contribution in [3.63, 3.8) is 0 Å². The summed E-state index contributed by atoms with van der Waals surface area (Å²) in [4.78, 5) is 23.2. The molecule has 1 atom stereocenters. The van der Waals surface area contributed by atoms with Crippen LogP contribution >= 0.6 is 0 Å². The fraction of sp³-hybridized carbons (Fsp3) is 0.200. The quantitative estimate of drug-likeness (QED) is 0.492. The highest BCUT2D eigenvalue weighted by Gasteiger charge is 2.27. The third-order valence-electron chi connectivity index (χ3n) is 3.99. The van der Waals surface area contributed by atoms with Gasteiger partial charge in [0.05, 0.1) is 29.8 Å². The summed E-state index contributed by atoms with van der Waals surface area (Å²) in [5.41, 5.74) is 5.38. The van der Waals surface area contributed by atoms with Crippen LogP contribution in [0.15, 0.2) is 66.1 Å². The van der Waals surface area contributed by atoms with Crippen LogP contribution in [0.1, 0.15) is 17.3 Å². The highest BCUT2D eigenvalue weighted by Crippen LogP contribution is 2.32. The van der Waals surface area contributed by atoms with Crippen LogP contribution in [0.2, 0.25) is 0 Å². The lowest BCUT2D eigenvalue weighted by atomic mass is 10.2. The molecule has 0 aliphatic rings. The van der Waals surface area contributed by atoms with Crippen molar-refractivity contribution >= 4 is 27.6 Å². The lowest BCUT2D eigenvalue weighted by molar-refractivity contribution is -0.125. The second kappa shape index (κ2) is 9.24. The standard InChI is InChI=1S/C20H22N2O6S/c1-4-12-22(17-10-5-6-11-18(17)27-3)29(25,26)16-9-7-8-15(13-16)20(24)28-14(2)19(21)23/h4-11,13-14H,1,12H2,2-3H3,(H2,21,23)/t14-/m0/s1. The zero-order chi connectivity index (χ0) is 21.6. The Morgan fingerprint density at radius 3 is 2.52 bits per heavy atom. The van der Waals surface area contributed by atoms with Crippen LogP contribution in [-0.2, 0) is 19.6 Å². The monoisotopic (exact) mass is 418 g/mol. The number of nitrogens with zero attached hydrogens (tertiary/aromatic N) is 1. The first-order valence-electron chi connectivity index (χ1n) is 8.59. The fourth-order valence-electron chi connectivity index (χ4n) is 2.48. The lowest BCUT2D eigenvalue weighted by Crippen LogP contribution is -2.32. The van der Waals surface area contributed by atoms with Crippen molar-refractivity contribution in [2.45, 2.75) is 17.9 Å². The molecule has 0 aliphatic carbocycles. The van der Waals surface area contributed by atoms with Crippen molar-refractivity contribution in [1.29, 1.82) is 0 Å². The summed E-state index contributed by atoms with van der Waals surface area (Å²) in [5, 5.41) is 0. The number of carbonyl (C=O) groups is 2. The highest BCUT2D eigenvalue weighted by molar-refractivity contribution is 7.92. The number of methoxy groups -OCH3 is 1. The molecule has 2 rings (SSSR count). The normalized spacial score (nSPS) is 11.9. The summed E-state index contributed by atoms with van der Waals surface area (Å²) in [6.45, 7) is 4.93. The Kier molecular flexibility index (Phi) is 7.00. The van der Waals surface area contributed by atoms with Gasteiger partial charge in [0.25, 0.3) is 15.9 Å². The first-order valence-corrected chi connectivity index (χ1v) is 10.0. The minimum absolute atomic E-state index is 0.0178. The summed E-state index contributed by atoms with van der Waals surface area (Å²) < 4.78 is 37.9. The number of benzene rings is 2. The Balaban J connectivity index is 2.46. The number of para-hydroxylation sites is 2. The number of rotatable bonds is 9. The molecule has 0 bridgehead atoms. The fourth-order valence-corrected chi connectivity index (χ4v) is 3.97. The van der Waals surface area contributed by atoms with E-state index in [2.05, 4.69) is 6.58 Å². The Bertz CT molecular complexity index is 1020. The third kappa shape index (κ3) is 4.94. The molecule has 2 aromatic rings. The number of nitrogens with two attached hydrogens (primary N) is 1. The third-order valence-corrected chi connectivity index (χ3v) is 5.77. The lowest BCUT2D eigenvalue weighted by Gasteiger charge is -2.25. The number of carbonyl (C=O) groups excluding carboxylic acids is 2. The Morgan fingerprint density at radius 2 is 1.90 bits per heavy atom. The van der Waals surface area contributed by atoms with E-state index < -0.39 is 28.0 Å². The Hall–Kier alpha value is -3.33. The second-order valence-corrected chi connectivity index (χ2v) is 7.84. The van der Waals surface area contributed by atoms with Gasteiger partial charge in [-0.25, -0.2) is 13.2 Å². The van der Waals surface area contributed by atoms with E-state index in [4.69, 9.17) is 15.2 Å². The molecule has 0 radical (unpaired) electrons. The zero-order valence-electron chi connectivity index (χ0n) is 16.1. The molecule has 0 saturated carbocycles. The van der Waals surface area contributed by atoms with Gasteiger partial charge in [-0.15, -0.1) is 6.58 Å². The maximum absolute atomic E-state index is 13.3. The summed E-state index contributed by atoms with van der Waals surface area (Å²) >= 11 is 0. The van der Waals surface area contributed by atoms with Gasteiger partial charge in [0, 0.05) is 0 Å². The summed E-state index contributed by atoms with van der Waals surface area (Å²) in [5.74, 6) is -1.31. The Morgan fingerprint density at radius 1 is 1.21 bits per heavy atom. The van der Waals surface area contributed by atoms with Crippen molar-refractivity contribution in [2.75, 3.05) is 18.0 Å².